The fourth-order valence-electron chi connectivity index (χ4n) is 1.47. The maximum Gasteiger partial charge on any atom is 0.183 e. The topological polar surface area (TPSA) is 36.2 Å². The van der Waals surface area contributed by atoms with Gasteiger partial charge in [0.25, 0.3) is 0 Å². The summed E-state index contributed by atoms with van der Waals surface area (Å²) in [6.45, 7) is 0.533. The largest absolute Gasteiger partial charge is 0.619 e. The average Bonchev–Trinajstić information content (AvgIpc) is 2.32. The van der Waals surface area contributed by atoms with Crippen molar-refractivity contribution < 1.29 is 9.47 Å². The second-order valence-corrected chi connectivity index (χ2v) is 4.06. The summed E-state index contributed by atoms with van der Waals surface area (Å²) in [5.41, 5.74) is 0.955. The van der Waals surface area contributed by atoms with E-state index in [-0.39, 0.29) is 0 Å². The first-order valence-corrected chi connectivity index (χ1v) is 5.68. The van der Waals surface area contributed by atoms with Crippen molar-refractivity contribution in [1.29, 1.82) is 0 Å². The molecule has 1 heterocycles. The van der Waals surface area contributed by atoms with Gasteiger partial charge in [-0.1, -0.05) is 11.6 Å². The number of nitrogens with zero attached hydrogens (tertiary/aromatic N) is 1. The molecule has 0 fully saturated rings. The maximum atomic E-state index is 11.0. The second kappa shape index (κ2) is 5.55. The summed E-state index contributed by atoms with van der Waals surface area (Å²) in [7, 11) is 0. The summed E-state index contributed by atoms with van der Waals surface area (Å²) in [4.78, 5) is 0. The molecular weight excluding hydrogens is 238 g/mol. The smallest absolute Gasteiger partial charge is 0.183 e. The van der Waals surface area contributed by atoms with E-state index in [1.807, 2.05) is 18.2 Å². The molecular formula is C13H12ClNO2. The minimum atomic E-state index is 0.533. The molecule has 0 aliphatic rings. The number of hydrogen-bond acceptors (Lipinski definition) is 2. The molecule has 0 radical (unpaired) electrons. The van der Waals surface area contributed by atoms with Crippen LogP contribution in [0.4, 0.5) is 0 Å². The quantitative estimate of drug-likeness (QED) is 0.617. The average molecular weight is 250 g/mol. The van der Waals surface area contributed by atoms with Gasteiger partial charge in [-0.05, 0) is 30.3 Å². The van der Waals surface area contributed by atoms with Crippen molar-refractivity contribution in [3.8, 4) is 5.75 Å². The van der Waals surface area contributed by atoms with Crippen LogP contribution in [0.3, 0.4) is 0 Å². The number of halogens is 1. The van der Waals surface area contributed by atoms with Crippen LogP contribution in [-0.4, -0.2) is 6.61 Å². The van der Waals surface area contributed by atoms with Crippen LogP contribution in [0.1, 0.15) is 5.56 Å². The van der Waals surface area contributed by atoms with Crippen molar-refractivity contribution in [2.24, 2.45) is 0 Å². The summed E-state index contributed by atoms with van der Waals surface area (Å²) < 4.78 is 6.32. The molecule has 4 heteroatoms. The van der Waals surface area contributed by atoms with Crippen LogP contribution < -0.4 is 9.47 Å². The molecule has 0 saturated heterocycles. The highest BCUT2D eigenvalue weighted by Gasteiger charge is 1.98. The van der Waals surface area contributed by atoms with E-state index in [4.69, 9.17) is 16.3 Å². The summed E-state index contributed by atoms with van der Waals surface area (Å²) in [5, 5.41) is 11.7. The number of rotatable bonds is 4. The zero-order valence-electron chi connectivity index (χ0n) is 9.17. The van der Waals surface area contributed by atoms with Crippen molar-refractivity contribution in [3.05, 3.63) is 64.6 Å². The highest BCUT2D eigenvalue weighted by molar-refractivity contribution is 6.30. The summed E-state index contributed by atoms with van der Waals surface area (Å²) in [5.74, 6) is 0.778. The van der Waals surface area contributed by atoms with Crippen LogP contribution in [-0.2, 0) is 6.42 Å². The lowest BCUT2D eigenvalue weighted by molar-refractivity contribution is -0.605. The number of ether oxygens (including phenoxy) is 1. The minimum Gasteiger partial charge on any atom is -0.619 e. The third-order valence-electron chi connectivity index (χ3n) is 2.31. The van der Waals surface area contributed by atoms with E-state index in [0.29, 0.717) is 18.1 Å². The van der Waals surface area contributed by atoms with E-state index in [1.165, 1.54) is 6.20 Å². The predicted molar refractivity (Wildman–Crippen MR) is 66.1 cm³/mol. The van der Waals surface area contributed by atoms with E-state index in [2.05, 4.69) is 0 Å². The second-order valence-electron chi connectivity index (χ2n) is 3.62. The van der Waals surface area contributed by atoms with E-state index in [9.17, 15) is 5.21 Å². The van der Waals surface area contributed by atoms with Gasteiger partial charge in [0.1, 0.15) is 5.75 Å². The Morgan fingerprint density at radius 2 is 1.94 bits per heavy atom. The zero-order valence-corrected chi connectivity index (χ0v) is 9.93. The van der Waals surface area contributed by atoms with Crippen molar-refractivity contribution in [3.63, 3.8) is 0 Å². The zero-order chi connectivity index (χ0) is 12.1. The van der Waals surface area contributed by atoms with E-state index >= 15 is 0 Å². The minimum absolute atomic E-state index is 0.533. The van der Waals surface area contributed by atoms with Crippen molar-refractivity contribution in [2.45, 2.75) is 6.42 Å². The standard InChI is InChI=1S/C13H12ClNO2/c14-12-3-5-13(6-4-12)17-9-7-11-2-1-8-15(16)10-11/h1-6,8,10H,7,9H2. The first-order chi connectivity index (χ1) is 8.24. The molecule has 0 atom stereocenters. The van der Waals surface area contributed by atoms with Crippen LogP contribution in [0.2, 0.25) is 5.02 Å². The lowest BCUT2D eigenvalue weighted by Gasteiger charge is -2.05. The lowest BCUT2D eigenvalue weighted by atomic mass is 10.2. The SMILES string of the molecule is [O-][n+]1cccc(CCOc2ccc(Cl)cc2)c1. The molecule has 2 rings (SSSR count). The number of aromatic nitrogens is 1. The first kappa shape index (κ1) is 11.7. The fraction of sp³-hybridized carbons (Fsp3) is 0.154. The molecule has 1 aromatic carbocycles. The number of benzene rings is 1. The Labute approximate surface area is 105 Å². The molecule has 0 aliphatic heterocycles. The fourth-order valence-corrected chi connectivity index (χ4v) is 1.59. The van der Waals surface area contributed by atoms with Crippen LogP contribution in [0.15, 0.2) is 48.8 Å². The Hall–Kier alpha value is -1.74. The Morgan fingerprint density at radius 3 is 2.65 bits per heavy atom. The van der Waals surface area contributed by atoms with Gasteiger partial charge in [0.2, 0.25) is 0 Å². The Morgan fingerprint density at radius 1 is 1.18 bits per heavy atom. The van der Waals surface area contributed by atoms with Gasteiger partial charge in [0.15, 0.2) is 12.4 Å². The highest BCUT2D eigenvalue weighted by Crippen LogP contribution is 2.15. The summed E-state index contributed by atoms with van der Waals surface area (Å²) >= 11 is 5.77. The molecule has 0 bridgehead atoms. The van der Waals surface area contributed by atoms with Gasteiger partial charge in [-0.25, -0.2) is 0 Å². The van der Waals surface area contributed by atoms with Crippen molar-refractivity contribution in [1.82, 2.24) is 0 Å². The van der Waals surface area contributed by atoms with Gasteiger partial charge in [-0.2, -0.15) is 4.73 Å². The molecule has 0 unspecified atom stereocenters. The molecule has 0 spiro atoms. The molecule has 0 aliphatic carbocycles. The molecule has 2 aromatic rings. The van der Waals surface area contributed by atoms with Crippen LogP contribution in [0.25, 0.3) is 0 Å². The molecule has 17 heavy (non-hydrogen) atoms. The van der Waals surface area contributed by atoms with Crippen LogP contribution in [0.5, 0.6) is 5.75 Å². The Balaban J connectivity index is 1.85. The normalized spacial score (nSPS) is 10.2. The van der Waals surface area contributed by atoms with Gasteiger partial charge in [-0.15, -0.1) is 0 Å². The molecule has 0 amide bonds. The van der Waals surface area contributed by atoms with Crippen molar-refractivity contribution in [2.75, 3.05) is 6.61 Å². The molecule has 88 valence electrons. The molecule has 0 N–H and O–H groups in total. The van der Waals surface area contributed by atoms with E-state index < -0.39 is 0 Å². The lowest BCUT2D eigenvalue weighted by Crippen LogP contribution is -2.25. The summed E-state index contributed by atoms with van der Waals surface area (Å²) in [6.07, 6.45) is 3.71. The van der Waals surface area contributed by atoms with E-state index in [0.717, 1.165) is 16.0 Å². The summed E-state index contributed by atoms with van der Waals surface area (Å²) in [6, 6.07) is 10.8. The molecule has 3 nitrogen and oxygen atoms in total. The predicted octanol–water partition coefficient (Wildman–Crippen LogP) is 2.59. The van der Waals surface area contributed by atoms with E-state index in [1.54, 1.807) is 24.4 Å². The van der Waals surface area contributed by atoms with Crippen molar-refractivity contribution >= 4 is 11.6 Å². The molecule has 0 saturated carbocycles. The van der Waals surface area contributed by atoms with Gasteiger partial charge >= 0.3 is 0 Å². The Kier molecular flexibility index (Phi) is 3.83. The van der Waals surface area contributed by atoms with Gasteiger partial charge in [-0.3, -0.25) is 0 Å². The number of pyridine rings is 1. The van der Waals surface area contributed by atoms with Gasteiger partial charge in [0.05, 0.1) is 6.61 Å². The number of hydrogen-bond donors (Lipinski definition) is 0. The highest BCUT2D eigenvalue weighted by atomic mass is 35.5. The third-order valence-corrected chi connectivity index (χ3v) is 2.56. The first-order valence-electron chi connectivity index (χ1n) is 5.30. The maximum absolute atomic E-state index is 11.0. The van der Waals surface area contributed by atoms with Gasteiger partial charge in [0, 0.05) is 23.1 Å². The molecule has 1 aromatic heterocycles. The van der Waals surface area contributed by atoms with Crippen LogP contribution in [0, 0.1) is 5.21 Å². The Bertz CT molecular complexity index is 485. The third kappa shape index (κ3) is 3.64. The monoisotopic (exact) mass is 249 g/mol. The van der Waals surface area contributed by atoms with Gasteiger partial charge < -0.3 is 9.94 Å². The van der Waals surface area contributed by atoms with Crippen LogP contribution >= 0.6 is 11.6 Å².